The van der Waals surface area contributed by atoms with Gasteiger partial charge in [-0.25, -0.2) is 14.8 Å². The van der Waals surface area contributed by atoms with Crippen LogP contribution in [0.5, 0.6) is 0 Å². The molecular formula is C25H30N6O. The van der Waals surface area contributed by atoms with Gasteiger partial charge in [0.05, 0.1) is 0 Å². The Morgan fingerprint density at radius 3 is 2.22 bits per heavy atom. The number of urea groups is 1. The highest BCUT2D eigenvalue weighted by Crippen LogP contribution is 2.21. The Morgan fingerprint density at radius 1 is 0.906 bits per heavy atom. The molecule has 0 aliphatic carbocycles. The standard InChI is InChI=1S/C25H30N6O/c1-4-20-7-11-22(12-8-20)29-25(32)31-15-13-30(14-16-31)24-17-23(26-19(3)27-24)28-21-9-5-18(2)6-10-21/h5-12,17H,4,13-16H2,1-3H3,(H,29,32)(H,26,27,28). The number of nitrogens with one attached hydrogen (secondary N) is 2. The number of anilines is 4. The van der Waals surface area contributed by atoms with Crippen LogP contribution in [0.4, 0.5) is 27.8 Å². The van der Waals surface area contributed by atoms with Gasteiger partial charge in [-0.1, -0.05) is 36.8 Å². The first-order valence-corrected chi connectivity index (χ1v) is 11.1. The number of hydrogen-bond acceptors (Lipinski definition) is 5. The van der Waals surface area contributed by atoms with E-state index in [4.69, 9.17) is 0 Å². The Labute approximate surface area is 189 Å². The van der Waals surface area contributed by atoms with Gasteiger partial charge >= 0.3 is 6.03 Å². The van der Waals surface area contributed by atoms with Crippen molar-refractivity contribution in [2.24, 2.45) is 0 Å². The molecule has 1 saturated heterocycles. The molecule has 1 aliphatic heterocycles. The van der Waals surface area contributed by atoms with Gasteiger partial charge in [-0.05, 0) is 50.1 Å². The highest BCUT2D eigenvalue weighted by Gasteiger charge is 2.22. The van der Waals surface area contributed by atoms with Crippen molar-refractivity contribution in [2.45, 2.75) is 27.2 Å². The number of carbonyl (C=O) groups is 1. The highest BCUT2D eigenvalue weighted by atomic mass is 16.2. The number of hydrogen-bond donors (Lipinski definition) is 2. The fourth-order valence-electron chi connectivity index (χ4n) is 3.73. The Morgan fingerprint density at radius 2 is 1.56 bits per heavy atom. The molecular weight excluding hydrogens is 400 g/mol. The second kappa shape index (κ2) is 9.68. The van der Waals surface area contributed by atoms with Crippen LogP contribution in [0.15, 0.2) is 54.6 Å². The summed E-state index contributed by atoms with van der Waals surface area (Å²) in [6, 6.07) is 18.1. The maximum atomic E-state index is 12.7. The molecule has 0 atom stereocenters. The van der Waals surface area contributed by atoms with E-state index in [-0.39, 0.29) is 6.03 Å². The smallest absolute Gasteiger partial charge is 0.321 e. The fraction of sp³-hybridized carbons (Fsp3) is 0.320. The minimum atomic E-state index is -0.0607. The Balaban J connectivity index is 1.36. The maximum absolute atomic E-state index is 12.7. The van der Waals surface area contributed by atoms with Gasteiger partial charge in [-0.2, -0.15) is 0 Å². The SMILES string of the molecule is CCc1ccc(NC(=O)N2CCN(c3cc(Nc4ccc(C)cc4)nc(C)n3)CC2)cc1. The zero-order valence-electron chi connectivity index (χ0n) is 18.9. The van der Waals surface area contributed by atoms with Gasteiger partial charge in [-0.15, -0.1) is 0 Å². The number of piperazine rings is 1. The van der Waals surface area contributed by atoms with Crippen LogP contribution < -0.4 is 15.5 Å². The van der Waals surface area contributed by atoms with E-state index in [1.165, 1.54) is 11.1 Å². The molecule has 1 fully saturated rings. The number of carbonyl (C=O) groups excluding carboxylic acids is 1. The lowest BCUT2D eigenvalue weighted by Crippen LogP contribution is -2.50. The minimum absolute atomic E-state index is 0.0607. The molecule has 2 N–H and O–H groups in total. The summed E-state index contributed by atoms with van der Waals surface area (Å²) < 4.78 is 0. The molecule has 166 valence electrons. The molecule has 0 unspecified atom stereocenters. The first-order valence-electron chi connectivity index (χ1n) is 11.1. The number of benzene rings is 2. The van der Waals surface area contributed by atoms with Gasteiger partial charge in [0.2, 0.25) is 0 Å². The molecule has 0 spiro atoms. The van der Waals surface area contributed by atoms with E-state index in [0.29, 0.717) is 18.9 Å². The third kappa shape index (κ3) is 5.35. The number of nitrogens with zero attached hydrogens (tertiary/aromatic N) is 4. The van der Waals surface area contributed by atoms with Crippen LogP contribution in [-0.2, 0) is 6.42 Å². The van der Waals surface area contributed by atoms with Crippen LogP contribution in [0.1, 0.15) is 23.9 Å². The van der Waals surface area contributed by atoms with Gasteiger partial charge < -0.3 is 20.4 Å². The van der Waals surface area contributed by atoms with E-state index in [9.17, 15) is 4.79 Å². The molecule has 3 aromatic rings. The fourth-order valence-corrected chi connectivity index (χ4v) is 3.73. The van der Waals surface area contributed by atoms with Crippen molar-refractivity contribution in [3.05, 3.63) is 71.5 Å². The molecule has 1 aromatic heterocycles. The topological polar surface area (TPSA) is 73.4 Å². The second-order valence-corrected chi connectivity index (χ2v) is 8.10. The second-order valence-electron chi connectivity index (χ2n) is 8.10. The largest absolute Gasteiger partial charge is 0.353 e. The average Bonchev–Trinajstić information content (AvgIpc) is 2.81. The van der Waals surface area contributed by atoms with E-state index in [2.05, 4.69) is 51.5 Å². The number of aromatic nitrogens is 2. The van der Waals surface area contributed by atoms with Crippen molar-refractivity contribution in [3.63, 3.8) is 0 Å². The van der Waals surface area contributed by atoms with Crippen molar-refractivity contribution >= 4 is 29.0 Å². The lowest BCUT2D eigenvalue weighted by Gasteiger charge is -2.35. The van der Waals surface area contributed by atoms with Crippen LogP contribution >= 0.6 is 0 Å². The summed E-state index contributed by atoms with van der Waals surface area (Å²) in [5.41, 5.74) is 4.30. The molecule has 2 amide bonds. The molecule has 2 heterocycles. The normalized spacial score (nSPS) is 13.7. The zero-order valence-corrected chi connectivity index (χ0v) is 18.9. The Kier molecular flexibility index (Phi) is 6.54. The van der Waals surface area contributed by atoms with Gasteiger partial charge in [0.15, 0.2) is 0 Å². The van der Waals surface area contributed by atoms with Gasteiger partial charge in [-0.3, -0.25) is 0 Å². The van der Waals surface area contributed by atoms with Gasteiger partial charge in [0.1, 0.15) is 17.5 Å². The lowest BCUT2D eigenvalue weighted by molar-refractivity contribution is 0.208. The minimum Gasteiger partial charge on any atom is -0.353 e. The van der Waals surface area contributed by atoms with Crippen molar-refractivity contribution < 1.29 is 4.79 Å². The monoisotopic (exact) mass is 430 g/mol. The van der Waals surface area contributed by atoms with Crippen LogP contribution in [0, 0.1) is 13.8 Å². The Bertz CT molecular complexity index is 1060. The summed E-state index contributed by atoms with van der Waals surface area (Å²) in [4.78, 5) is 25.9. The molecule has 32 heavy (non-hydrogen) atoms. The molecule has 0 radical (unpaired) electrons. The first-order chi connectivity index (χ1) is 15.5. The summed E-state index contributed by atoms with van der Waals surface area (Å²) in [7, 11) is 0. The van der Waals surface area contributed by atoms with E-state index >= 15 is 0 Å². The molecule has 7 nitrogen and oxygen atoms in total. The van der Waals surface area contributed by atoms with Crippen LogP contribution in [0.2, 0.25) is 0 Å². The average molecular weight is 431 g/mol. The molecule has 4 rings (SSSR count). The summed E-state index contributed by atoms with van der Waals surface area (Å²) in [6.07, 6.45) is 0.987. The molecule has 1 aliphatic rings. The number of rotatable bonds is 5. The van der Waals surface area contributed by atoms with E-state index in [0.717, 1.165) is 42.5 Å². The lowest BCUT2D eigenvalue weighted by atomic mass is 10.1. The van der Waals surface area contributed by atoms with Gasteiger partial charge in [0.25, 0.3) is 0 Å². The third-order valence-corrected chi connectivity index (χ3v) is 5.65. The predicted molar refractivity (Wildman–Crippen MR) is 130 cm³/mol. The Hall–Kier alpha value is -3.61. The van der Waals surface area contributed by atoms with Crippen molar-refractivity contribution in [3.8, 4) is 0 Å². The van der Waals surface area contributed by atoms with Crippen molar-refractivity contribution in [2.75, 3.05) is 41.7 Å². The maximum Gasteiger partial charge on any atom is 0.321 e. The number of aryl methyl sites for hydroxylation is 3. The van der Waals surface area contributed by atoms with Crippen molar-refractivity contribution in [1.82, 2.24) is 14.9 Å². The van der Waals surface area contributed by atoms with E-state index in [1.807, 2.05) is 54.3 Å². The summed E-state index contributed by atoms with van der Waals surface area (Å²) in [5.74, 6) is 2.36. The quantitative estimate of drug-likeness (QED) is 0.611. The molecule has 2 aromatic carbocycles. The summed E-state index contributed by atoms with van der Waals surface area (Å²) in [6.45, 7) is 8.82. The number of amides is 2. The molecule has 0 bridgehead atoms. The van der Waals surface area contributed by atoms with Crippen LogP contribution in [-0.4, -0.2) is 47.1 Å². The van der Waals surface area contributed by atoms with Crippen LogP contribution in [0.25, 0.3) is 0 Å². The molecule has 7 heteroatoms. The summed E-state index contributed by atoms with van der Waals surface area (Å²) in [5, 5.41) is 6.36. The first kappa shape index (κ1) is 21.6. The molecule has 0 saturated carbocycles. The van der Waals surface area contributed by atoms with Crippen molar-refractivity contribution in [1.29, 1.82) is 0 Å². The van der Waals surface area contributed by atoms with Crippen LogP contribution in [0.3, 0.4) is 0 Å². The predicted octanol–water partition coefficient (Wildman–Crippen LogP) is 4.75. The van der Waals surface area contributed by atoms with E-state index in [1.54, 1.807) is 0 Å². The third-order valence-electron chi connectivity index (χ3n) is 5.65. The zero-order chi connectivity index (χ0) is 22.5. The van der Waals surface area contributed by atoms with Gasteiger partial charge in [0, 0.05) is 43.6 Å². The van der Waals surface area contributed by atoms with E-state index < -0.39 is 0 Å². The highest BCUT2D eigenvalue weighted by molar-refractivity contribution is 5.89. The summed E-state index contributed by atoms with van der Waals surface area (Å²) >= 11 is 0.